The summed E-state index contributed by atoms with van der Waals surface area (Å²) in [6.07, 6.45) is 2.71. The summed E-state index contributed by atoms with van der Waals surface area (Å²) in [7, 11) is 0. The minimum absolute atomic E-state index is 0.117. The number of hydrogen-bond donors (Lipinski definition) is 3. The molecule has 1 saturated heterocycles. The fourth-order valence-corrected chi connectivity index (χ4v) is 2.23. The molecular formula is C12H24N2O2. The van der Waals surface area contributed by atoms with Gasteiger partial charge in [-0.05, 0) is 32.2 Å². The van der Waals surface area contributed by atoms with Crippen LogP contribution >= 0.6 is 0 Å². The standard InChI is InChI=1S/C12H24N2O2/c1-3-10(5-7-15)8-14-12(16)11-4-6-13-9(11)2/h9-11,13,15H,3-8H2,1-2H3,(H,14,16). The van der Waals surface area contributed by atoms with E-state index >= 15 is 0 Å². The number of hydrogen-bond acceptors (Lipinski definition) is 3. The van der Waals surface area contributed by atoms with Gasteiger partial charge in [-0.2, -0.15) is 0 Å². The smallest absolute Gasteiger partial charge is 0.224 e. The van der Waals surface area contributed by atoms with E-state index in [0.29, 0.717) is 12.5 Å². The molecule has 1 fully saturated rings. The second-order valence-electron chi connectivity index (χ2n) is 4.67. The van der Waals surface area contributed by atoms with Crippen LogP contribution in [0.2, 0.25) is 0 Å². The molecule has 4 heteroatoms. The number of carbonyl (C=O) groups excluding carboxylic acids is 1. The molecule has 94 valence electrons. The predicted molar refractivity (Wildman–Crippen MR) is 64.1 cm³/mol. The van der Waals surface area contributed by atoms with Crippen LogP contribution < -0.4 is 10.6 Å². The van der Waals surface area contributed by atoms with Crippen LogP contribution in [0.5, 0.6) is 0 Å². The highest BCUT2D eigenvalue weighted by Gasteiger charge is 2.29. The van der Waals surface area contributed by atoms with Gasteiger partial charge >= 0.3 is 0 Å². The van der Waals surface area contributed by atoms with Crippen molar-refractivity contribution in [2.75, 3.05) is 19.7 Å². The number of carbonyl (C=O) groups is 1. The van der Waals surface area contributed by atoms with Crippen molar-refractivity contribution in [2.24, 2.45) is 11.8 Å². The van der Waals surface area contributed by atoms with Gasteiger partial charge < -0.3 is 15.7 Å². The topological polar surface area (TPSA) is 61.4 Å². The van der Waals surface area contributed by atoms with Gasteiger partial charge in [0.1, 0.15) is 0 Å². The second kappa shape index (κ2) is 6.86. The van der Waals surface area contributed by atoms with Crippen LogP contribution in [0.4, 0.5) is 0 Å². The monoisotopic (exact) mass is 228 g/mol. The van der Waals surface area contributed by atoms with Gasteiger partial charge in [0, 0.05) is 19.2 Å². The summed E-state index contributed by atoms with van der Waals surface area (Å²) >= 11 is 0. The third-order valence-electron chi connectivity index (χ3n) is 3.54. The third kappa shape index (κ3) is 3.76. The molecule has 0 radical (unpaired) electrons. The Morgan fingerprint density at radius 2 is 2.38 bits per heavy atom. The Morgan fingerprint density at radius 1 is 1.62 bits per heavy atom. The lowest BCUT2D eigenvalue weighted by molar-refractivity contribution is -0.125. The first-order chi connectivity index (χ1) is 7.69. The molecule has 0 aromatic carbocycles. The molecule has 1 amide bonds. The van der Waals surface area contributed by atoms with E-state index in [1.807, 2.05) is 0 Å². The minimum atomic E-state index is 0.117. The maximum atomic E-state index is 11.9. The highest BCUT2D eigenvalue weighted by atomic mass is 16.3. The van der Waals surface area contributed by atoms with Crippen LogP contribution in [0, 0.1) is 11.8 Å². The molecule has 1 rings (SSSR count). The molecule has 0 spiro atoms. The molecule has 3 atom stereocenters. The van der Waals surface area contributed by atoms with E-state index in [0.717, 1.165) is 25.8 Å². The maximum absolute atomic E-state index is 11.9. The lowest BCUT2D eigenvalue weighted by Crippen LogP contribution is -2.38. The molecule has 1 aliphatic rings. The lowest BCUT2D eigenvalue weighted by atomic mass is 9.99. The third-order valence-corrected chi connectivity index (χ3v) is 3.54. The van der Waals surface area contributed by atoms with Gasteiger partial charge in [0.2, 0.25) is 5.91 Å². The molecular weight excluding hydrogens is 204 g/mol. The van der Waals surface area contributed by atoms with Gasteiger partial charge in [-0.3, -0.25) is 4.79 Å². The van der Waals surface area contributed by atoms with Gasteiger partial charge in [0.25, 0.3) is 0 Å². The summed E-state index contributed by atoms with van der Waals surface area (Å²) in [6.45, 7) is 5.98. The Bertz CT molecular complexity index is 221. The van der Waals surface area contributed by atoms with Crippen molar-refractivity contribution in [2.45, 2.75) is 39.2 Å². The Hall–Kier alpha value is -0.610. The SMILES string of the molecule is CCC(CCO)CNC(=O)C1CCNC1C. The van der Waals surface area contributed by atoms with Gasteiger partial charge in [0.15, 0.2) is 0 Å². The molecule has 0 bridgehead atoms. The first kappa shape index (κ1) is 13.5. The van der Waals surface area contributed by atoms with Crippen molar-refractivity contribution in [1.82, 2.24) is 10.6 Å². The van der Waals surface area contributed by atoms with Crippen LogP contribution in [0.3, 0.4) is 0 Å². The molecule has 4 nitrogen and oxygen atoms in total. The zero-order valence-corrected chi connectivity index (χ0v) is 10.3. The van der Waals surface area contributed by atoms with Crippen molar-refractivity contribution < 1.29 is 9.90 Å². The molecule has 3 N–H and O–H groups in total. The van der Waals surface area contributed by atoms with Crippen molar-refractivity contribution in [3.05, 3.63) is 0 Å². The van der Waals surface area contributed by atoms with Crippen LogP contribution in [-0.4, -0.2) is 36.8 Å². The van der Waals surface area contributed by atoms with E-state index in [4.69, 9.17) is 5.11 Å². The summed E-state index contributed by atoms with van der Waals surface area (Å²) in [6, 6.07) is 0.290. The number of amides is 1. The number of aliphatic hydroxyl groups excluding tert-OH is 1. The highest BCUT2D eigenvalue weighted by molar-refractivity contribution is 5.79. The van der Waals surface area contributed by atoms with E-state index in [9.17, 15) is 4.79 Å². The van der Waals surface area contributed by atoms with E-state index in [1.165, 1.54) is 0 Å². The molecule has 0 aromatic heterocycles. The Balaban J connectivity index is 2.28. The zero-order chi connectivity index (χ0) is 12.0. The van der Waals surface area contributed by atoms with Crippen LogP contribution in [0.25, 0.3) is 0 Å². The fraction of sp³-hybridized carbons (Fsp3) is 0.917. The van der Waals surface area contributed by atoms with Gasteiger partial charge in [-0.25, -0.2) is 0 Å². The van der Waals surface area contributed by atoms with E-state index in [-0.39, 0.29) is 24.5 Å². The summed E-state index contributed by atoms with van der Waals surface area (Å²) in [5.74, 6) is 0.680. The number of nitrogens with one attached hydrogen (secondary N) is 2. The fourth-order valence-electron chi connectivity index (χ4n) is 2.23. The molecule has 0 saturated carbocycles. The largest absolute Gasteiger partial charge is 0.396 e. The zero-order valence-electron chi connectivity index (χ0n) is 10.3. The Kier molecular flexibility index (Phi) is 5.77. The van der Waals surface area contributed by atoms with Gasteiger partial charge in [-0.15, -0.1) is 0 Å². The molecule has 0 aliphatic carbocycles. The van der Waals surface area contributed by atoms with Gasteiger partial charge in [-0.1, -0.05) is 13.3 Å². The van der Waals surface area contributed by atoms with E-state index < -0.39 is 0 Å². The molecule has 0 aromatic rings. The van der Waals surface area contributed by atoms with Crippen molar-refractivity contribution in [3.63, 3.8) is 0 Å². The molecule has 3 unspecified atom stereocenters. The van der Waals surface area contributed by atoms with E-state index in [1.54, 1.807) is 0 Å². The molecule has 16 heavy (non-hydrogen) atoms. The predicted octanol–water partition coefficient (Wildman–Crippen LogP) is 0.509. The maximum Gasteiger partial charge on any atom is 0.224 e. The highest BCUT2D eigenvalue weighted by Crippen LogP contribution is 2.15. The van der Waals surface area contributed by atoms with Crippen molar-refractivity contribution in [3.8, 4) is 0 Å². The normalized spacial score (nSPS) is 26.7. The second-order valence-corrected chi connectivity index (χ2v) is 4.67. The first-order valence-corrected chi connectivity index (χ1v) is 6.31. The van der Waals surface area contributed by atoms with Crippen LogP contribution in [-0.2, 0) is 4.79 Å². The summed E-state index contributed by atoms with van der Waals surface area (Å²) in [5, 5.41) is 15.1. The average molecular weight is 228 g/mol. The first-order valence-electron chi connectivity index (χ1n) is 6.31. The Labute approximate surface area is 97.8 Å². The summed E-state index contributed by atoms with van der Waals surface area (Å²) in [4.78, 5) is 11.9. The molecule has 1 heterocycles. The van der Waals surface area contributed by atoms with Crippen LogP contribution in [0.1, 0.15) is 33.1 Å². The lowest BCUT2D eigenvalue weighted by Gasteiger charge is -2.18. The number of rotatable bonds is 6. The van der Waals surface area contributed by atoms with Crippen molar-refractivity contribution in [1.29, 1.82) is 0 Å². The summed E-state index contributed by atoms with van der Waals surface area (Å²) < 4.78 is 0. The van der Waals surface area contributed by atoms with E-state index in [2.05, 4.69) is 24.5 Å². The minimum Gasteiger partial charge on any atom is -0.396 e. The Morgan fingerprint density at radius 3 is 2.88 bits per heavy atom. The van der Waals surface area contributed by atoms with Crippen LogP contribution in [0.15, 0.2) is 0 Å². The summed E-state index contributed by atoms with van der Waals surface area (Å²) in [5.41, 5.74) is 0. The molecule has 1 aliphatic heterocycles. The average Bonchev–Trinajstić information content (AvgIpc) is 2.70. The number of aliphatic hydroxyl groups is 1. The van der Waals surface area contributed by atoms with Gasteiger partial charge in [0.05, 0.1) is 5.92 Å². The quantitative estimate of drug-likeness (QED) is 0.621. The van der Waals surface area contributed by atoms with Crippen molar-refractivity contribution >= 4 is 5.91 Å².